The summed E-state index contributed by atoms with van der Waals surface area (Å²) in [6.45, 7) is 4.79. The Hall–Kier alpha value is -4.51. The molecule has 0 saturated heterocycles. The van der Waals surface area contributed by atoms with E-state index >= 15 is 8.78 Å². The van der Waals surface area contributed by atoms with Crippen molar-refractivity contribution in [3.8, 4) is 11.3 Å². The first-order valence-corrected chi connectivity index (χ1v) is 22.4. The number of halogens is 8. The van der Waals surface area contributed by atoms with Crippen molar-refractivity contribution in [1.82, 2.24) is 14.1 Å². The third-order valence-electron chi connectivity index (χ3n) is 13.7. The van der Waals surface area contributed by atoms with Gasteiger partial charge in [-0.05, 0) is 78.8 Å². The smallest absolute Gasteiger partial charge is 0.390 e. The van der Waals surface area contributed by atoms with E-state index < -0.39 is 115 Å². The Morgan fingerprint density at radius 2 is 1.73 bits per heavy atom. The van der Waals surface area contributed by atoms with E-state index in [1.807, 2.05) is 0 Å². The molecule has 3 N–H and O–H groups in total. The predicted molar refractivity (Wildman–Crippen MR) is 224 cm³/mol. The van der Waals surface area contributed by atoms with Gasteiger partial charge in [0.1, 0.15) is 39.8 Å². The molecule has 0 spiro atoms. The number of carbonyl (C=O) groups excluding carboxylic acids is 3. The largest absolute Gasteiger partial charge is 0.422 e. The van der Waals surface area contributed by atoms with Crippen LogP contribution < -0.4 is 16.6 Å². The monoisotopic (exact) mass is 960 g/mol. The second kappa shape index (κ2) is 16.4. The molecule has 0 bridgehead atoms. The summed E-state index contributed by atoms with van der Waals surface area (Å²) in [6, 6.07) is 0.331. The fourth-order valence-electron chi connectivity index (χ4n) is 10.5. The number of aliphatic hydroxyl groups is 2. The van der Waals surface area contributed by atoms with Crippen molar-refractivity contribution < 1.29 is 59.7 Å². The van der Waals surface area contributed by atoms with E-state index in [0.29, 0.717) is 28.2 Å². The van der Waals surface area contributed by atoms with Gasteiger partial charge in [-0.2, -0.15) is 13.2 Å². The minimum Gasteiger partial charge on any atom is -0.390 e. The van der Waals surface area contributed by atoms with Crippen molar-refractivity contribution in [1.29, 1.82) is 0 Å². The fourth-order valence-corrected chi connectivity index (χ4v) is 13.0. The number of aliphatic hydroxyl groups excluding tert-OH is 1. The highest BCUT2D eigenvalue weighted by Gasteiger charge is 2.76. The number of allylic oxidation sites excluding steroid dienone is 4. The lowest BCUT2D eigenvalue weighted by Crippen LogP contribution is -2.70. The highest BCUT2D eigenvalue weighted by molar-refractivity contribution is 8.13. The number of aryl methyl sites for hydroxylation is 1. The number of benzene rings is 1. The molecule has 22 heteroatoms. The minimum atomic E-state index is -5.24. The van der Waals surface area contributed by atoms with Crippen LogP contribution in [0.5, 0.6) is 0 Å². The zero-order valence-electron chi connectivity index (χ0n) is 34.5. The Labute approximate surface area is 370 Å². The number of thiazole rings is 1. The van der Waals surface area contributed by atoms with Gasteiger partial charge in [0, 0.05) is 41.8 Å². The van der Waals surface area contributed by atoms with Crippen LogP contribution in [-0.4, -0.2) is 70.7 Å². The maximum atomic E-state index is 16.9. The molecule has 4 aromatic rings. The Bertz CT molecular complexity index is 2790. The fraction of sp³-hybridized carbons (Fsp3) is 0.476. The average Bonchev–Trinajstić information content (AvgIpc) is 3.91. The number of alkyl halides is 6. The van der Waals surface area contributed by atoms with Crippen LogP contribution in [0.3, 0.4) is 0 Å². The number of hydrogen-bond donors (Lipinski definition) is 3. The van der Waals surface area contributed by atoms with Crippen LogP contribution in [-0.2, 0) is 41.1 Å². The molecule has 64 heavy (non-hydrogen) atoms. The van der Waals surface area contributed by atoms with E-state index in [-0.39, 0.29) is 47.5 Å². The van der Waals surface area contributed by atoms with E-state index in [2.05, 4.69) is 10.3 Å². The summed E-state index contributed by atoms with van der Waals surface area (Å²) in [4.78, 5) is 66.0. The van der Waals surface area contributed by atoms with Gasteiger partial charge < -0.3 is 15.5 Å². The van der Waals surface area contributed by atoms with Gasteiger partial charge >= 0.3 is 11.9 Å². The molecule has 0 unspecified atom stereocenters. The van der Waals surface area contributed by atoms with Crippen molar-refractivity contribution in [3.63, 3.8) is 0 Å². The highest BCUT2D eigenvalue weighted by atomic mass is 32.2. The van der Waals surface area contributed by atoms with Crippen molar-refractivity contribution in [2.24, 2.45) is 42.7 Å². The zero-order valence-corrected chi connectivity index (χ0v) is 36.9. The van der Waals surface area contributed by atoms with Crippen LogP contribution in [0.2, 0.25) is 0 Å². The second-order valence-electron chi connectivity index (χ2n) is 17.0. The summed E-state index contributed by atoms with van der Waals surface area (Å²) >= 11 is 2.33. The third-order valence-corrected chi connectivity index (χ3v) is 16.2. The number of nitrogens with zero attached hydrogens (tertiary/aromatic N) is 3. The van der Waals surface area contributed by atoms with Crippen LogP contribution in [0.25, 0.3) is 21.5 Å². The van der Waals surface area contributed by atoms with Gasteiger partial charge in [0.25, 0.3) is 5.56 Å². The van der Waals surface area contributed by atoms with Gasteiger partial charge in [0.2, 0.25) is 11.0 Å². The summed E-state index contributed by atoms with van der Waals surface area (Å²) in [5.74, 6) is -6.71. The lowest BCUT2D eigenvalue weighted by Gasteiger charge is -2.63. The Morgan fingerprint density at radius 3 is 2.39 bits per heavy atom. The van der Waals surface area contributed by atoms with Crippen LogP contribution >= 0.6 is 34.4 Å². The van der Waals surface area contributed by atoms with Gasteiger partial charge in [-0.1, -0.05) is 31.7 Å². The van der Waals surface area contributed by atoms with E-state index in [1.165, 1.54) is 43.1 Å². The Morgan fingerprint density at radius 1 is 1.05 bits per heavy atom. The van der Waals surface area contributed by atoms with Crippen LogP contribution in [0.1, 0.15) is 51.2 Å². The third kappa shape index (κ3) is 7.12. The lowest BCUT2D eigenvalue weighted by atomic mass is 9.44. The van der Waals surface area contributed by atoms with Crippen molar-refractivity contribution in [2.75, 3.05) is 11.3 Å². The Balaban J connectivity index is 0.000000193. The molecule has 4 aliphatic carbocycles. The van der Waals surface area contributed by atoms with E-state index in [9.17, 15) is 60.5 Å². The molecule has 8 rings (SSSR count). The van der Waals surface area contributed by atoms with E-state index in [1.54, 1.807) is 19.2 Å². The molecule has 3 heterocycles. The van der Waals surface area contributed by atoms with Gasteiger partial charge in [-0.15, -0.1) is 22.7 Å². The molecule has 3 fully saturated rings. The summed E-state index contributed by atoms with van der Waals surface area (Å²) in [5.41, 5.74) is -10.4. The molecular formula is C42H40F8N4O7S3. The van der Waals surface area contributed by atoms with Crippen LogP contribution in [0.4, 0.5) is 40.3 Å². The standard InChI is InChI=1S/C22H27F3O4S.C20H13F5N4O3S2/c1-11-6-13-14-8-16(24)15-7-12(26)4-5-19(15,2)21(14,25)17(27)9-20(13,3)22(11,29)18(28)30-10-23;1-28-16(31)13-8(6-33-17(13)29(2)19(28)32)5-12(30)27-18-26-11(7-34-18)9-3-4-10(21)14(15(9)22)20(23,24)25/h4-5,7,11,13-14,16-17,27,29H,6,8-10H2,1-3H3;3-4,6-7H,5H2,1-2H3,(H,26,27,30)/t11-,13+,14+,16+,17+,19+,20+,21+,22+;/m1./s1. The molecule has 1 amide bonds. The molecule has 1 aromatic carbocycles. The number of anilines is 1. The minimum absolute atomic E-state index is 0.0294. The number of ketones is 1. The average molecular weight is 961 g/mol. The molecule has 344 valence electrons. The van der Waals surface area contributed by atoms with Gasteiger partial charge in [0.15, 0.2) is 16.6 Å². The SMILES string of the molecule is C[C@@H]1C[C@H]2[C@@H]3C[C@H](F)C4=CC(=O)C=C[C@]4(C)[C@@]3(F)[C@@H](O)C[C@]2(C)[C@@]1(O)C(=O)SCF.Cn1c(=O)c2c(CC(=O)Nc3nc(-c4ccc(F)c(C(F)(F)F)c4F)cs3)csc2n(C)c1=O. The first-order valence-electron chi connectivity index (χ1n) is 19.7. The first kappa shape index (κ1) is 47.5. The molecule has 3 aromatic heterocycles. The number of rotatable bonds is 6. The normalized spacial score (nSPS) is 30.8. The first-order chi connectivity index (χ1) is 29.8. The predicted octanol–water partition coefficient (Wildman–Crippen LogP) is 7.37. The maximum absolute atomic E-state index is 16.9. The van der Waals surface area contributed by atoms with E-state index in [4.69, 9.17) is 0 Å². The molecular weight excluding hydrogens is 921 g/mol. The Kier molecular flexibility index (Phi) is 12.2. The number of nitrogens with one attached hydrogen (secondary N) is 1. The van der Waals surface area contributed by atoms with Gasteiger partial charge in [-0.3, -0.25) is 28.3 Å². The molecule has 4 aliphatic rings. The summed E-state index contributed by atoms with van der Waals surface area (Å²) in [7, 11) is 2.82. The van der Waals surface area contributed by atoms with Crippen molar-refractivity contribution >= 4 is 66.6 Å². The molecule has 3 saturated carbocycles. The van der Waals surface area contributed by atoms with Gasteiger partial charge in [-0.25, -0.2) is 31.7 Å². The van der Waals surface area contributed by atoms with Crippen molar-refractivity contribution in [2.45, 2.75) is 76.2 Å². The number of thiophene rings is 1. The maximum Gasteiger partial charge on any atom is 0.422 e. The number of carbonyl (C=O) groups is 3. The molecule has 11 nitrogen and oxygen atoms in total. The number of hydrogen-bond acceptors (Lipinski definition) is 11. The molecule has 9 atom stereocenters. The van der Waals surface area contributed by atoms with Crippen LogP contribution in [0.15, 0.2) is 56.3 Å². The summed E-state index contributed by atoms with van der Waals surface area (Å²) < 4.78 is 114. The summed E-state index contributed by atoms with van der Waals surface area (Å²) in [5, 5.41) is 27.3. The number of thioether (sulfide) groups is 1. The zero-order chi connectivity index (χ0) is 47.2. The lowest BCUT2D eigenvalue weighted by molar-refractivity contribution is -0.221. The second-order valence-corrected chi connectivity index (χ2v) is 19.6. The number of aromatic nitrogens is 3. The topological polar surface area (TPSA) is 161 Å². The molecule has 0 aliphatic heterocycles. The highest BCUT2D eigenvalue weighted by Crippen LogP contribution is 2.71. The number of amides is 1. The molecule has 0 radical (unpaired) electrons. The van der Waals surface area contributed by atoms with Crippen molar-refractivity contribution in [3.05, 3.63) is 90.3 Å². The number of fused-ring (bicyclic) bond motifs is 6. The van der Waals surface area contributed by atoms with Gasteiger partial charge in [0.05, 0.1) is 23.6 Å². The summed E-state index contributed by atoms with van der Waals surface area (Å²) in [6.07, 6.45) is -5.17. The van der Waals surface area contributed by atoms with E-state index in [0.717, 1.165) is 39.4 Å². The van der Waals surface area contributed by atoms with Crippen LogP contribution in [0, 0.1) is 40.2 Å². The quantitative estimate of drug-likeness (QED) is 0.168.